The summed E-state index contributed by atoms with van der Waals surface area (Å²) in [6.07, 6.45) is -5.70. The Morgan fingerprint density at radius 3 is 1.92 bits per heavy atom. The Labute approximate surface area is 75.9 Å². The van der Waals surface area contributed by atoms with Gasteiger partial charge >= 0.3 is 6.18 Å². The molecule has 0 aromatic carbocycles. The number of hydrogen-bond acceptors (Lipinski definition) is 2. The first-order chi connectivity index (χ1) is 5.91. The summed E-state index contributed by atoms with van der Waals surface area (Å²) in [6.45, 7) is 4.91. The minimum atomic E-state index is -4.18. The van der Waals surface area contributed by atoms with Crippen LogP contribution in [0.25, 0.3) is 0 Å². The van der Waals surface area contributed by atoms with Crippen LogP contribution in [0.3, 0.4) is 0 Å². The highest BCUT2D eigenvalue weighted by Crippen LogP contribution is 2.22. The highest BCUT2D eigenvalue weighted by molar-refractivity contribution is 4.82. The average molecular weight is 196 g/mol. The van der Waals surface area contributed by atoms with Crippen molar-refractivity contribution in [1.29, 1.82) is 0 Å². The standard InChI is InChI=1S/C8H15F3N2/c1-5(2)6-3-12-7(13-4-6)8(9,10)11/h5-7,12-13H,3-4H2,1-2H3. The lowest BCUT2D eigenvalue weighted by Crippen LogP contribution is -2.60. The summed E-state index contributed by atoms with van der Waals surface area (Å²) < 4.78 is 36.4. The summed E-state index contributed by atoms with van der Waals surface area (Å²) in [7, 11) is 0. The molecule has 5 heteroatoms. The van der Waals surface area contributed by atoms with Gasteiger partial charge in [0.15, 0.2) is 6.17 Å². The molecule has 0 unspecified atom stereocenters. The van der Waals surface area contributed by atoms with E-state index >= 15 is 0 Å². The van der Waals surface area contributed by atoms with Crippen molar-refractivity contribution in [3.05, 3.63) is 0 Å². The van der Waals surface area contributed by atoms with Crippen LogP contribution < -0.4 is 10.6 Å². The third-order valence-electron chi connectivity index (χ3n) is 2.44. The molecule has 1 aliphatic heterocycles. The first-order valence-corrected chi connectivity index (χ1v) is 4.44. The highest BCUT2D eigenvalue weighted by atomic mass is 19.4. The molecule has 1 fully saturated rings. The van der Waals surface area contributed by atoms with E-state index in [1.807, 2.05) is 13.8 Å². The fourth-order valence-electron chi connectivity index (χ4n) is 1.39. The lowest BCUT2D eigenvalue weighted by atomic mass is 9.94. The molecule has 13 heavy (non-hydrogen) atoms. The summed E-state index contributed by atoms with van der Waals surface area (Å²) in [6, 6.07) is 0. The zero-order chi connectivity index (χ0) is 10.1. The van der Waals surface area contributed by atoms with Gasteiger partial charge in [0, 0.05) is 13.1 Å². The number of nitrogens with one attached hydrogen (secondary N) is 2. The lowest BCUT2D eigenvalue weighted by molar-refractivity contribution is -0.168. The Balaban J connectivity index is 2.39. The first-order valence-electron chi connectivity index (χ1n) is 4.44. The number of alkyl halides is 3. The van der Waals surface area contributed by atoms with Crippen LogP contribution in [-0.4, -0.2) is 25.4 Å². The van der Waals surface area contributed by atoms with Crippen LogP contribution in [0.15, 0.2) is 0 Å². The fourth-order valence-corrected chi connectivity index (χ4v) is 1.39. The van der Waals surface area contributed by atoms with E-state index < -0.39 is 12.3 Å². The van der Waals surface area contributed by atoms with Crippen molar-refractivity contribution < 1.29 is 13.2 Å². The van der Waals surface area contributed by atoms with Crippen LogP contribution in [0.5, 0.6) is 0 Å². The monoisotopic (exact) mass is 196 g/mol. The highest BCUT2D eigenvalue weighted by Gasteiger charge is 2.41. The predicted octanol–water partition coefficient (Wildman–Crippen LogP) is 1.34. The minimum Gasteiger partial charge on any atom is -0.294 e. The number of rotatable bonds is 1. The number of hydrogen-bond donors (Lipinski definition) is 2. The van der Waals surface area contributed by atoms with Gasteiger partial charge in [-0.2, -0.15) is 13.2 Å². The normalized spacial score (nSPS) is 30.9. The van der Waals surface area contributed by atoms with Crippen molar-refractivity contribution >= 4 is 0 Å². The maximum atomic E-state index is 12.1. The Morgan fingerprint density at radius 1 is 1.15 bits per heavy atom. The van der Waals surface area contributed by atoms with Gasteiger partial charge in [-0.25, -0.2) is 0 Å². The Hall–Kier alpha value is -0.290. The van der Waals surface area contributed by atoms with Crippen LogP contribution in [0, 0.1) is 11.8 Å². The molecule has 0 aliphatic carbocycles. The average Bonchev–Trinajstić information content (AvgIpc) is 2.03. The van der Waals surface area contributed by atoms with E-state index in [2.05, 4.69) is 10.6 Å². The summed E-state index contributed by atoms with van der Waals surface area (Å²) in [5, 5.41) is 4.91. The molecule has 0 aromatic heterocycles. The summed E-state index contributed by atoms with van der Waals surface area (Å²) in [5.41, 5.74) is 0. The van der Waals surface area contributed by atoms with Crippen molar-refractivity contribution in [2.75, 3.05) is 13.1 Å². The van der Waals surface area contributed by atoms with E-state index in [0.29, 0.717) is 24.9 Å². The minimum absolute atomic E-state index is 0.290. The second-order valence-corrected chi connectivity index (χ2v) is 3.80. The zero-order valence-electron chi connectivity index (χ0n) is 7.78. The quantitative estimate of drug-likeness (QED) is 0.661. The second-order valence-electron chi connectivity index (χ2n) is 3.80. The third-order valence-corrected chi connectivity index (χ3v) is 2.44. The summed E-state index contributed by atoms with van der Waals surface area (Å²) >= 11 is 0. The number of halogens is 3. The van der Waals surface area contributed by atoms with E-state index in [9.17, 15) is 13.2 Å². The van der Waals surface area contributed by atoms with Gasteiger partial charge in [0.2, 0.25) is 0 Å². The van der Waals surface area contributed by atoms with Crippen molar-refractivity contribution in [3.8, 4) is 0 Å². The van der Waals surface area contributed by atoms with Gasteiger partial charge in [-0.3, -0.25) is 10.6 Å². The molecule has 0 atom stereocenters. The Morgan fingerprint density at radius 2 is 1.62 bits per heavy atom. The fraction of sp³-hybridized carbons (Fsp3) is 1.00. The van der Waals surface area contributed by atoms with Gasteiger partial charge in [-0.15, -0.1) is 0 Å². The molecular weight excluding hydrogens is 181 g/mol. The van der Waals surface area contributed by atoms with E-state index in [4.69, 9.17) is 0 Å². The van der Waals surface area contributed by atoms with Crippen molar-refractivity contribution in [1.82, 2.24) is 10.6 Å². The van der Waals surface area contributed by atoms with Gasteiger partial charge in [0.1, 0.15) is 0 Å². The molecule has 1 rings (SSSR count). The molecule has 0 aromatic rings. The topological polar surface area (TPSA) is 24.1 Å². The van der Waals surface area contributed by atoms with Crippen molar-refractivity contribution in [3.63, 3.8) is 0 Å². The SMILES string of the molecule is CC(C)C1CNC(C(F)(F)F)NC1. The summed E-state index contributed by atoms with van der Waals surface area (Å²) in [5.74, 6) is 0.702. The molecule has 0 spiro atoms. The smallest absolute Gasteiger partial charge is 0.294 e. The van der Waals surface area contributed by atoms with Crippen molar-refractivity contribution in [2.24, 2.45) is 11.8 Å². The van der Waals surface area contributed by atoms with Crippen LogP contribution in [0.4, 0.5) is 13.2 Å². The second kappa shape index (κ2) is 3.84. The molecular formula is C8H15F3N2. The van der Waals surface area contributed by atoms with Gasteiger partial charge in [0.25, 0.3) is 0 Å². The molecule has 0 saturated carbocycles. The maximum Gasteiger partial charge on any atom is 0.417 e. The molecule has 2 N–H and O–H groups in total. The van der Waals surface area contributed by atoms with E-state index in [1.54, 1.807) is 0 Å². The van der Waals surface area contributed by atoms with Crippen LogP contribution >= 0.6 is 0 Å². The molecule has 1 heterocycles. The third kappa shape index (κ3) is 2.84. The van der Waals surface area contributed by atoms with Gasteiger partial charge in [-0.05, 0) is 11.8 Å². The lowest BCUT2D eigenvalue weighted by Gasteiger charge is -2.34. The molecule has 0 radical (unpaired) electrons. The predicted molar refractivity (Wildman–Crippen MR) is 44.2 cm³/mol. The maximum absolute atomic E-state index is 12.1. The molecule has 2 nitrogen and oxygen atoms in total. The van der Waals surface area contributed by atoms with Gasteiger partial charge in [-0.1, -0.05) is 13.8 Å². The Bertz CT molecular complexity index is 159. The van der Waals surface area contributed by atoms with Crippen LogP contribution in [0.2, 0.25) is 0 Å². The molecule has 0 bridgehead atoms. The van der Waals surface area contributed by atoms with Gasteiger partial charge < -0.3 is 0 Å². The van der Waals surface area contributed by atoms with Crippen molar-refractivity contribution in [2.45, 2.75) is 26.2 Å². The first kappa shape index (κ1) is 10.8. The molecule has 1 aliphatic rings. The summed E-state index contributed by atoms with van der Waals surface area (Å²) in [4.78, 5) is 0. The molecule has 0 amide bonds. The van der Waals surface area contributed by atoms with E-state index in [1.165, 1.54) is 0 Å². The molecule has 78 valence electrons. The van der Waals surface area contributed by atoms with Crippen LogP contribution in [-0.2, 0) is 0 Å². The molecule has 1 saturated heterocycles. The van der Waals surface area contributed by atoms with E-state index in [0.717, 1.165) is 0 Å². The largest absolute Gasteiger partial charge is 0.417 e. The van der Waals surface area contributed by atoms with Crippen LogP contribution in [0.1, 0.15) is 13.8 Å². The Kier molecular flexibility index (Phi) is 3.18. The zero-order valence-corrected chi connectivity index (χ0v) is 7.78. The van der Waals surface area contributed by atoms with E-state index in [-0.39, 0.29) is 0 Å². The van der Waals surface area contributed by atoms with Gasteiger partial charge in [0.05, 0.1) is 0 Å².